The Hall–Kier alpha value is -2.34. The van der Waals surface area contributed by atoms with Crippen LogP contribution in [0.5, 0.6) is 0 Å². The fourth-order valence-electron chi connectivity index (χ4n) is 1.88. The summed E-state index contributed by atoms with van der Waals surface area (Å²) in [5.74, 6) is -0.427. The molecule has 0 aliphatic rings. The number of fused-ring (bicyclic) bond motifs is 1. The maximum Gasteiger partial charge on any atom is 0.221 e. The molecule has 6 heteroatoms. The van der Waals surface area contributed by atoms with Gasteiger partial charge in [-0.3, -0.25) is 9.78 Å². The van der Waals surface area contributed by atoms with Crippen LogP contribution in [0, 0.1) is 5.82 Å². The third-order valence-corrected chi connectivity index (χ3v) is 3.55. The summed E-state index contributed by atoms with van der Waals surface area (Å²) in [7, 11) is 0. The number of carbonyl (C=O) groups is 1. The number of nitrogens with one attached hydrogen (secondary N) is 1. The number of pyridine rings is 1. The Morgan fingerprint density at radius 3 is 2.70 bits per heavy atom. The Morgan fingerprint density at radius 2 is 2.00 bits per heavy atom. The molecule has 0 bridgehead atoms. The highest BCUT2D eigenvalue weighted by atomic mass is 32.1. The molecule has 2 heterocycles. The van der Waals surface area contributed by atoms with Crippen molar-refractivity contribution in [3.05, 3.63) is 42.3 Å². The number of nitrogens with zero attached hydrogens (tertiary/aromatic N) is 2. The molecular weight excluding hydrogens is 277 g/mol. The summed E-state index contributed by atoms with van der Waals surface area (Å²) in [5.41, 5.74) is 3.10. The second-order valence-corrected chi connectivity index (χ2v) is 5.06. The van der Waals surface area contributed by atoms with Crippen LogP contribution in [0.4, 0.5) is 9.39 Å². The quantitative estimate of drug-likeness (QED) is 0.785. The number of hydrogen-bond acceptors (Lipinski definition) is 4. The minimum atomic E-state index is -0.274. The van der Waals surface area contributed by atoms with Crippen LogP contribution in [0.2, 0.25) is 0 Å². The zero-order valence-corrected chi connectivity index (χ0v) is 11.4. The molecule has 3 aromatic rings. The van der Waals surface area contributed by atoms with Gasteiger partial charge in [0, 0.05) is 18.7 Å². The number of halogens is 1. The lowest BCUT2D eigenvalue weighted by molar-refractivity contribution is -0.114. The van der Waals surface area contributed by atoms with Gasteiger partial charge in [-0.2, -0.15) is 4.37 Å². The molecule has 3 rings (SSSR count). The lowest BCUT2D eigenvalue weighted by Gasteiger charge is -2.01. The number of hydrogen-bond donors (Lipinski definition) is 1. The molecule has 0 unspecified atom stereocenters. The van der Waals surface area contributed by atoms with Gasteiger partial charge in [0.25, 0.3) is 0 Å². The normalized spacial score (nSPS) is 10.7. The number of benzene rings is 1. The van der Waals surface area contributed by atoms with Gasteiger partial charge in [-0.25, -0.2) is 4.39 Å². The molecule has 0 saturated carbocycles. The molecule has 2 aromatic heterocycles. The van der Waals surface area contributed by atoms with Crippen molar-refractivity contribution in [2.45, 2.75) is 6.92 Å². The molecule has 0 radical (unpaired) electrons. The van der Waals surface area contributed by atoms with E-state index < -0.39 is 0 Å². The standard InChI is InChI=1S/C14H10FN3OS/c1-8(19)17-14-13-12(18-20-14)6-10(7-16-13)9-2-4-11(15)5-3-9/h2-7H,1H3,(H,17,19). The molecular formula is C14H10FN3OS. The third kappa shape index (κ3) is 2.37. The van der Waals surface area contributed by atoms with Crippen LogP contribution >= 0.6 is 11.5 Å². The monoisotopic (exact) mass is 287 g/mol. The van der Waals surface area contributed by atoms with Crippen LogP contribution in [0.3, 0.4) is 0 Å². The Labute approximate surface area is 118 Å². The lowest BCUT2D eigenvalue weighted by Crippen LogP contribution is -2.04. The van der Waals surface area contributed by atoms with Gasteiger partial charge in [-0.1, -0.05) is 12.1 Å². The topological polar surface area (TPSA) is 54.9 Å². The molecule has 0 aliphatic carbocycles. The molecule has 0 fully saturated rings. The van der Waals surface area contributed by atoms with E-state index in [9.17, 15) is 9.18 Å². The van der Waals surface area contributed by atoms with Gasteiger partial charge in [0.1, 0.15) is 21.9 Å². The van der Waals surface area contributed by atoms with Crippen molar-refractivity contribution in [3.63, 3.8) is 0 Å². The first-order valence-electron chi connectivity index (χ1n) is 5.92. The molecule has 1 N–H and O–H groups in total. The van der Waals surface area contributed by atoms with Crippen molar-refractivity contribution < 1.29 is 9.18 Å². The zero-order valence-electron chi connectivity index (χ0n) is 10.6. The summed E-state index contributed by atoms with van der Waals surface area (Å²) in [6, 6.07) is 8.07. The van der Waals surface area contributed by atoms with Gasteiger partial charge in [0.15, 0.2) is 0 Å². The fraction of sp³-hybridized carbons (Fsp3) is 0.0714. The Bertz CT molecular complexity index is 783. The Kier molecular flexibility index (Phi) is 3.15. The summed E-state index contributed by atoms with van der Waals surface area (Å²) >= 11 is 1.19. The van der Waals surface area contributed by atoms with E-state index in [1.807, 2.05) is 6.07 Å². The van der Waals surface area contributed by atoms with E-state index in [1.165, 1.54) is 30.6 Å². The molecule has 0 saturated heterocycles. The van der Waals surface area contributed by atoms with Crippen LogP contribution in [0.1, 0.15) is 6.92 Å². The van der Waals surface area contributed by atoms with Crippen molar-refractivity contribution in [2.75, 3.05) is 5.32 Å². The number of rotatable bonds is 2. The van der Waals surface area contributed by atoms with Crippen molar-refractivity contribution in [1.82, 2.24) is 9.36 Å². The summed E-state index contributed by atoms with van der Waals surface area (Å²) in [4.78, 5) is 15.4. The van der Waals surface area contributed by atoms with Crippen LogP contribution in [0.15, 0.2) is 36.5 Å². The van der Waals surface area contributed by atoms with Crippen LogP contribution in [-0.2, 0) is 4.79 Å². The van der Waals surface area contributed by atoms with Crippen LogP contribution in [0.25, 0.3) is 22.2 Å². The van der Waals surface area contributed by atoms with Crippen LogP contribution in [-0.4, -0.2) is 15.3 Å². The first kappa shape index (κ1) is 12.7. The minimum Gasteiger partial charge on any atom is -0.315 e. The molecule has 1 aromatic carbocycles. The van der Waals surface area contributed by atoms with E-state index in [0.29, 0.717) is 16.0 Å². The first-order valence-corrected chi connectivity index (χ1v) is 6.70. The second kappa shape index (κ2) is 4.97. The smallest absolute Gasteiger partial charge is 0.221 e. The molecule has 0 aliphatic heterocycles. The highest BCUT2D eigenvalue weighted by Crippen LogP contribution is 2.29. The third-order valence-electron chi connectivity index (χ3n) is 2.79. The largest absolute Gasteiger partial charge is 0.315 e. The molecule has 0 spiro atoms. The van der Waals surface area contributed by atoms with Gasteiger partial charge < -0.3 is 5.32 Å². The molecule has 1 amide bonds. The lowest BCUT2D eigenvalue weighted by atomic mass is 10.1. The van der Waals surface area contributed by atoms with Crippen molar-refractivity contribution in [3.8, 4) is 11.1 Å². The summed E-state index contributed by atoms with van der Waals surface area (Å²) < 4.78 is 17.2. The van der Waals surface area contributed by atoms with Crippen molar-refractivity contribution >= 4 is 33.5 Å². The second-order valence-electron chi connectivity index (χ2n) is 4.29. The van der Waals surface area contributed by atoms with E-state index in [2.05, 4.69) is 14.7 Å². The first-order chi connectivity index (χ1) is 9.63. The van der Waals surface area contributed by atoms with Crippen molar-refractivity contribution in [1.29, 1.82) is 0 Å². The highest BCUT2D eigenvalue weighted by Gasteiger charge is 2.10. The predicted molar refractivity (Wildman–Crippen MR) is 77.1 cm³/mol. The predicted octanol–water partition coefficient (Wildman–Crippen LogP) is 3.46. The summed E-state index contributed by atoms with van der Waals surface area (Å²) in [6.45, 7) is 1.44. The number of carbonyl (C=O) groups excluding carboxylic acids is 1. The number of amides is 1. The van der Waals surface area contributed by atoms with Gasteiger partial charge in [0.05, 0.1) is 0 Å². The maximum absolute atomic E-state index is 12.9. The van der Waals surface area contributed by atoms with E-state index >= 15 is 0 Å². The van der Waals surface area contributed by atoms with E-state index in [-0.39, 0.29) is 11.7 Å². The van der Waals surface area contributed by atoms with E-state index in [0.717, 1.165) is 11.1 Å². The Balaban J connectivity index is 2.03. The maximum atomic E-state index is 12.9. The van der Waals surface area contributed by atoms with Gasteiger partial charge >= 0.3 is 0 Å². The summed E-state index contributed by atoms with van der Waals surface area (Å²) in [6.07, 6.45) is 1.69. The molecule has 20 heavy (non-hydrogen) atoms. The number of aromatic nitrogens is 2. The summed E-state index contributed by atoms with van der Waals surface area (Å²) in [5, 5.41) is 3.34. The van der Waals surface area contributed by atoms with Gasteiger partial charge in [0.2, 0.25) is 5.91 Å². The van der Waals surface area contributed by atoms with Crippen molar-refractivity contribution in [2.24, 2.45) is 0 Å². The molecule has 100 valence electrons. The molecule has 0 atom stereocenters. The van der Waals surface area contributed by atoms with E-state index in [4.69, 9.17) is 0 Å². The van der Waals surface area contributed by atoms with Gasteiger partial charge in [-0.05, 0) is 35.3 Å². The number of anilines is 1. The highest BCUT2D eigenvalue weighted by molar-refractivity contribution is 7.12. The SMILES string of the molecule is CC(=O)Nc1snc2cc(-c3ccc(F)cc3)cnc12. The average Bonchev–Trinajstić information content (AvgIpc) is 2.81. The van der Waals surface area contributed by atoms with Gasteiger partial charge in [-0.15, -0.1) is 0 Å². The fourth-order valence-corrected chi connectivity index (χ4v) is 2.64. The van der Waals surface area contributed by atoms with E-state index in [1.54, 1.807) is 18.3 Å². The Morgan fingerprint density at radius 1 is 1.25 bits per heavy atom. The zero-order chi connectivity index (χ0) is 14.1. The van der Waals surface area contributed by atoms with Crippen LogP contribution < -0.4 is 5.32 Å². The minimum absolute atomic E-state index is 0.153. The average molecular weight is 287 g/mol. The molecule has 4 nitrogen and oxygen atoms in total.